The molecule has 0 N–H and O–H groups in total. The Balaban J connectivity index is 1.64. The van der Waals surface area contributed by atoms with E-state index in [4.69, 9.17) is 19.2 Å². The SMILES string of the molecule is COc1ccc([C@]23CCC(C)[C@](c4ccc(OC)cc4)(CC2)OO3)cc1. The normalized spacial score (nSPS) is 30.7. The van der Waals surface area contributed by atoms with Crippen LogP contribution in [0.1, 0.15) is 43.7 Å². The molecule has 3 atom stereocenters. The van der Waals surface area contributed by atoms with Crippen molar-refractivity contribution in [2.75, 3.05) is 14.2 Å². The highest BCUT2D eigenvalue weighted by molar-refractivity contribution is 5.34. The summed E-state index contributed by atoms with van der Waals surface area (Å²) in [5.41, 5.74) is 1.57. The Morgan fingerprint density at radius 2 is 1.35 bits per heavy atom. The van der Waals surface area contributed by atoms with E-state index >= 15 is 0 Å². The van der Waals surface area contributed by atoms with E-state index in [0.717, 1.165) is 48.3 Å². The second kappa shape index (κ2) is 6.60. The third-order valence-corrected chi connectivity index (χ3v) is 6.22. The molecule has 26 heavy (non-hydrogen) atoms. The lowest BCUT2D eigenvalue weighted by atomic mass is 9.78. The molecule has 3 fully saturated rings. The molecule has 4 heteroatoms. The molecular formula is C22H26O4. The van der Waals surface area contributed by atoms with Crippen LogP contribution in [-0.2, 0) is 21.0 Å². The van der Waals surface area contributed by atoms with E-state index in [1.54, 1.807) is 14.2 Å². The molecule has 1 unspecified atom stereocenters. The van der Waals surface area contributed by atoms with Crippen LogP contribution in [0.3, 0.4) is 0 Å². The summed E-state index contributed by atoms with van der Waals surface area (Å²) in [6.07, 6.45) is 3.89. The number of hydrogen-bond donors (Lipinski definition) is 0. The molecule has 0 amide bonds. The lowest BCUT2D eigenvalue weighted by molar-refractivity contribution is -0.449. The van der Waals surface area contributed by atoms with Crippen LogP contribution >= 0.6 is 0 Å². The number of ether oxygens (including phenoxy) is 2. The maximum atomic E-state index is 6.20. The Hall–Kier alpha value is -2.04. The molecule has 4 nitrogen and oxygen atoms in total. The molecule has 0 aromatic heterocycles. The summed E-state index contributed by atoms with van der Waals surface area (Å²) >= 11 is 0. The average molecular weight is 354 g/mol. The molecule has 1 aliphatic carbocycles. The number of methoxy groups -OCH3 is 2. The first-order valence-electron chi connectivity index (χ1n) is 9.28. The van der Waals surface area contributed by atoms with Crippen LogP contribution < -0.4 is 9.47 Å². The van der Waals surface area contributed by atoms with Crippen LogP contribution in [0.25, 0.3) is 0 Å². The van der Waals surface area contributed by atoms with Gasteiger partial charge in [-0.1, -0.05) is 31.2 Å². The molecule has 138 valence electrons. The fourth-order valence-electron chi connectivity index (χ4n) is 4.38. The van der Waals surface area contributed by atoms with Gasteiger partial charge < -0.3 is 9.47 Å². The predicted octanol–water partition coefficient (Wildman–Crippen LogP) is 4.97. The third-order valence-electron chi connectivity index (χ3n) is 6.22. The highest BCUT2D eigenvalue weighted by Crippen LogP contribution is 2.55. The third kappa shape index (κ3) is 2.68. The largest absolute Gasteiger partial charge is 0.497 e. The smallest absolute Gasteiger partial charge is 0.131 e. The van der Waals surface area contributed by atoms with E-state index in [9.17, 15) is 0 Å². The van der Waals surface area contributed by atoms with Crippen LogP contribution in [0.2, 0.25) is 0 Å². The zero-order valence-corrected chi connectivity index (χ0v) is 15.7. The predicted molar refractivity (Wildman–Crippen MR) is 99.1 cm³/mol. The van der Waals surface area contributed by atoms with Crippen molar-refractivity contribution in [3.8, 4) is 11.5 Å². The summed E-state index contributed by atoms with van der Waals surface area (Å²) in [6, 6.07) is 16.4. The minimum Gasteiger partial charge on any atom is -0.497 e. The summed E-state index contributed by atoms with van der Waals surface area (Å²) in [7, 11) is 3.37. The number of hydrogen-bond acceptors (Lipinski definition) is 4. The van der Waals surface area contributed by atoms with Crippen molar-refractivity contribution in [1.82, 2.24) is 0 Å². The molecule has 2 aromatic carbocycles. The van der Waals surface area contributed by atoms with Crippen LogP contribution in [-0.4, -0.2) is 14.2 Å². The average Bonchev–Trinajstić information content (AvgIpc) is 2.95. The molecule has 2 saturated heterocycles. The topological polar surface area (TPSA) is 36.9 Å². The van der Waals surface area contributed by atoms with Gasteiger partial charge in [-0.05, 0) is 67.0 Å². The monoisotopic (exact) mass is 354 g/mol. The van der Waals surface area contributed by atoms with Crippen molar-refractivity contribution in [2.45, 2.75) is 43.8 Å². The van der Waals surface area contributed by atoms with Crippen LogP contribution in [0.15, 0.2) is 48.5 Å². The van der Waals surface area contributed by atoms with Crippen LogP contribution in [0.4, 0.5) is 0 Å². The van der Waals surface area contributed by atoms with Crippen molar-refractivity contribution < 1.29 is 19.2 Å². The summed E-state index contributed by atoms with van der Waals surface area (Å²) < 4.78 is 10.6. The second-order valence-corrected chi connectivity index (χ2v) is 7.45. The van der Waals surface area contributed by atoms with E-state index in [1.807, 2.05) is 24.3 Å². The van der Waals surface area contributed by atoms with Gasteiger partial charge >= 0.3 is 0 Å². The number of rotatable bonds is 4. The molecule has 5 rings (SSSR count). The molecule has 3 aliphatic rings. The van der Waals surface area contributed by atoms with Gasteiger partial charge in [-0.2, -0.15) is 0 Å². The van der Waals surface area contributed by atoms with Crippen molar-refractivity contribution in [3.05, 3.63) is 59.7 Å². The number of fused-ring (bicyclic) bond motifs is 4. The Kier molecular flexibility index (Phi) is 4.41. The van der Waals surface area contributed by atoms with E-state index in [0.29, 0.717) is 5.92 Å². The fraction of sp³-hybridized carbons (Fsp3) is 0.455. The van der Waals surface area contributed by atoms with Gasteiger partial charge in [-0.25, -0.2) is 9.78 Å². The lowest BCUT2D eigenvalue weighted by Crippen LogP contribution is -2.43. The standard InChI is InChI=1S/C22H26O4/c1-16-12-13-21(17-4-8-19(23-2)9-5-17)14-15-22(16,26-25-21)18-6-10-20(24-3)11-7-18/h4-11,16H,12-15H2,1-3H3/t16?,21-,22-/m0/s1. The van der Waals surface area contributed by atoms with Gasteiger partial charge in [0, 0.05) is 0 Å². The molecule has 0 radical (unpaired) electrons. The molecule has 2 aromatic rings. The Morgan fingerprint density at radius 1 is 0.769 bits per heavy atom. The van der Waals surface area contributed by atoms with E-state index in [-0.39, 0.29) is 5.60 Å². The Morgan fingerprint density at radius 3 is 1.85 bits per heavy atom. The lowest BCUT2D eigenvalue weighted by Gasteiger charge is -2.43. The first kappa shape index (κ1) is 17.4. The van der Waals surface area contributed by atoms with Crippen molar-refractivity contribution in [2.24, 2.45) is 5.92 Å². The second-order valence-electron chi connectivity index (χ2n) is 7.45. The molecule has 2 bridgehead atoms. The van der Waals surface area contributed by atoms with Crippen LogP contribution in [0, 0.1) is 5.92 Å². The zero-order chi connectivity index (χ0) is 18.2. The number of benzene rings is 2. The maximum Gasteiger partial charge on any atom is 0.131 e. The van der Waals surface area contributed by atoms with Gasteiger partial charge in [0.15, 0.2) is 0 Å². The minimum atomic E-state index is -0.390. The van der Waals surface area contributed by atoms with Crippen molar-refractivity contribution in [1.29, 1.82) is 0 Å². The fourth-order valence-corrected chi connectivity index (χ4v) is 4.38. The molecular weight excluding hydrogens is 328 g/mol. The quantitative estimate of drug-likeness (QED) is 0.727. The first-order valence-corrected chi connectivity index (χ1v) is 9.28. The van der Waals surface area contributed by atoms with Gasteiger partial charge in [-0.3, -0.25) is 0 Å². The Bertz CT molecular complexity index is 743. The molecule has 1 saturated carbocycles. The van der Waals surface area contributed by atoms with Gasteiger partial charge in [0.2, 0.25) is 0 Å². The van der Waals surface area contributed by atoms with Gasteiger partial charge in [0.05, 0.1) is 14.2 Å². The summed E-state index contributed by atoms with van der Waals surface area (Å²) in [5.74, 6) is 2.09. The van der Waals surface area contributed by atoms with E-state index in [2.05, 4.69) is 31.2 Å². The highest BCUT2D eigenvalue weighted by atomic mass is 17.2. The minimum absolute atomic E-state index is 0.368. The molecule has 2 aliphatic heterocycles. The van der Waals surface area contributed by atoms with Crippen molar-refractivity contribution >= 4 is 0 Å². The van der Waals surface area contributed by atoms with Gasteiger partial charge in [-0.15, -0.1) is 0 Å². The zero-order valence-electron chi connectivity index (χ0n) is 15.7. The van der Waals surface area contributed by atoms with Crippen LogP contribution in [0.5, 0.6) is 11.5 Å². The maximum absolute atomic E-state index is 6.20. The van der Waals surface area contributed by atoms with E-state index < -0.39 is 5.60 Å². The highest BCUT2D eigenvalue weighted by Gasteiger charge is 2.53. The van der Waals surface area contributed by atoms with Gasteiger partial charge in [0.25, 0.3) is 0 Å². The van der Waals surface area contributed by atoms with Gasteiger partial charge in [0.1, 0.15) is 22.7 Å². The van der Waals surface area contributed by atoms with Crippen molar-refractivity contribution in [3.63, 3.8) is 0 Å². The summed E-state index contributed by atoms with van der Waals surface area (Å²) in [5, 5.41) is 0. The molecule has 2 heterocycles. The molecule has 0 spiro atoms. The summed E-state index contributed by atoms with van der Waals surface area (Å²) in [4.78, 5) is 12.4. The summed E-state index contributed by atoms with van der Waals surface area (Å²) in [6.45, 7) is 2.27. The first-order chi connectivity index (χ1) is 12.6. The van der Waals surface area contributed by atoms with E-state index in [1.165, 1.54) is 0 Å². The Labute approximate surface area is 155 Å².